The Morgan fingerprint density at radius 3 is 2.56 bits per heavy atom. The molecule has 2 amide bonds. The summed E-state index contributed by atoms with van der Waals surface area (Å²) in [5, 5.41) is 12.8. The summed E-state index contributed by atoms with van der Waals surface area (Å²) in [6, 6.07) is 10.1. The van der Waals surface area contributed by atoms with Crippen molar-refractivity contribution in [3.63, 3.8) is 0 Å². The summed E-state index contributed by atoms with van der Waals surface area (Å²) in [4.78, 5) is 16.6. The maximum atomic E-state index is 12.4. The van der Waals surface area contributed by atoms with Gasteiger partial charge in [0, 0.05) is 26.1 Å². The first-order valence-electron chi connectivity index (χ1n) is 9.36. The minimum Gasteiger partial charge on any atom is -0.393 e. The molecule has 2 atom stereocenters. The maximum Gasteiger partial charge on any atom is 0.317 e. The zero-order chi connectivity index (χ0) is 18.2. The van der Waals surface area contributed by atoms with Gasteiger partial charge in [-0.1, -0.05) is 30.3 Å². The summed E-state index contributed by atoms with van der Waals surface area (Å²) in [5.74, 6) is 0.719. The van der Waals surface area contributed by atoms with Crippen LogP contribution in [0.4, 0.5) is 4.79 Å². The van der Waals surface area contributed by atoms with Crippen molar-refractivity contribution in [2.75, 3.05) is 40.3 Å². The average molecular weight is 348 g/mol. The fourth-order valence-electron chi connectivity index (χ4n) is 3.53. The second-order valence-corrected chi connectivity index (χ2v) is 7.51. The van der Waals surface area contributed by atoms with E-state index < -0.39 is 0 Å². The molecule has 25 heavy (non-hydrogen) atoms. The van der Waals surface area contributed by atoms with Gasteiger partial charge < -0.3 is 20.2 Å². The molecule has 0 aliphatic carbocycles. The molecule has 0 saturated carbocycles. The molecule has 0 spiro atoms. The van der Waals surface area contributed by atoms with Crippen LogP contribution in [-0.2, 0) is 0 Å². The SMILES string of the molecule is CC(O)CC(CNC(=O)N(C)CC1CCN(C)CC1)c1ccccc1. The van der Waals surface area contributed by atoms with Crippen molar-refractivity contribution in [3.05, 3.63) is 35.9 Å². The molecule has 0 aromatic heterocycles. The van der Waals surface area contributed by atoms with Crippen LogP contribution in [0.5, 0.6) is 0 Å². The number of carbonyl (C=O) groups is 1. The third kappa shape index (κ3) is 6.67. The molecular formula is C20H33N3O2. The second-order valence-electron chi connectivity index (χ2n) is 7.51. The largest absolute Gasteiger partial charge is 0.393 e. The van der Waals surface area contributed by atoms with Crippen LogP contribution in [0.2, 0.25) is 0 Å². The van der Waals surface area contributed by atoms with Crippen molar-refractivity contribution < 1.29 is 9.90 Å². The Morgan fingerprint density at radius 1 is 1.32 bits per heavy atom. The van der Waals surface area contributed by atoms with E-state index in [0.29, 0.717) is 18.9 Å². The number of piperidine rings is 1. The number of carbonyl (C=O) groups excluding carboxylic acids is 1. The molecule has 0 radical (unpaired) electrons. The first kappa shape index (κ1) is 19.7. The molecule has 1 fully saturated rings. The average Bonchev–Trinajstić information content (AvgIpc) is 2.60. The van der Waals surface area contributed by atoms with E-state index in [9.17, 15) is 9.90 Å². The number of hydrogen-bond donors (Lipinski definition) is 2. The number of nitrogens with zero attached hydrogens (tertiary/aromatic N) is 2. The van der Waals surface area contributed by atoms with Gasteiger partial charge in [0.15, 0.2) is 0 Å². The Bertz CT molecular complexity index is 513. The van der Waals surface area contributed by atoms with Gasteiger partial charge in [0.05, 0.1) is 6.10 Å². The number of likely N-dealkylation sites (tertiary alicyclic amines) is 1. The summed E-state index contributed by atoms with van der Waals surface area (Å²) in [7, 11) is 4.03. The van der Waals surface area contributed by atoms with E-state index in [0.717, 1.165) is 38.0 Å². The monoisotopic (exact) mass is 347 g/mol. The predicted molar refractivity (Wildman–Crippen MR) is 102 cm³/mol. The van der Waals surface area contributed by atoms with Crippen LogP contribution in [0.25, 0.3) is 0 Å². The van der Waals surface area contributed by atoms with Gasteiger partial charge in [-0.2, -0.15) is 0 Å². The molecule has 1 aromatic carbocycles. The summed E-state index contributed by atoms with van der Waals surface area (Å²) in [5.41, 5.74) is 1.15. The van der Waals surface area contributed by atoms with Gasteiger partial charge in [0.1, 0.15) is 0 Å². The van der Waals surface area contributed by atoms with Gasteiger partial charge in [-0.05, 0) is 57.8 Å². The van der Waals surface area contributed by atoms with Gasteiger partial charge in [0.2, 0.25) is 0 Å². The van der Waals surface area contributed by atoms with Gasteiger partial charge >= 0.3 is 6.03 Å². The number of rotatable bonds is 7. The molecule has 5 heteroatoms. The van der Waals surface area contributed by atoms with E-state index in [1.807, 2.05) is 25.2 Å². The number of hydrogen-bond acceptors (Lipinski definition) is 3. The summed E-state index contributed by atoms with van der Waals surface area (Å²) in [6.07, 6.45) is 2.56. The maximum absolute atomic E-state index is 12.4. The molecule has 1 aromatic rings. The van der Waals surface area contributed by atoms with Crippen molar-refractivity contribution in [2.45, 2.75) is 38.2 Å². The second kappa shape index (κ2) is 9.78. The van der Waals surface area contributed by atoms with E-state index in [4.69, 9.17) is 0 Å². The third-order valence-corrected chi connectivity index (χ3v) is 5.11. The lowest BCUT2D eigenvalue weighted by molar-refractivity contribution is 0.164. The summed E-state index contributed by atoms with van der Waals surface area (Å²) in [6.45, 7) is 5.39. The van der Waals surface area contributed by atoms with Crippen molar-refractivity contribution >= 4 is 6.03 Å². The van der Waals surface area contributed by atoms with Crippen LogP contribution in [0.15, 0.2) is 30.3 Å². The number of urea groups is 1. The van der Waals surface area contributed by atoms with Crippen LogP contribution in [-0.4, -0.2) is 67.3 Å². The fraction of sp³-hybridized carbons (Fsp3) is 0.650. The highest BCUT2D eigenvalue weighted by Crippen LogP contribution is 2.21. The molecule has 1 aliphatic rings. The molecule has 2 N–H and O–H groups in total. The molecular weight excluding hydrogens is 314 g/mol. The number of benzene rings is 1. The van der Waals surface area contributed by atoms with Crippen LogP contribution in [0, 0.1) is 5.92 Å². The Balaban J connectivity index is 1.83. The van der Waals surface area contributed by atoms with Crippen LogP contribution in [0.1, 0.15) is 37.7 Å². The normalized spacial score (nSPS) is 18.6. The van der Waals surface area contributed by atoms with E-state index in [2.05, 4.69) is 29.4 Å². The Morgan fingerprint density at radius 2 is 1.96 bits per heavy atom. The van der Waals surface area contributed by atoms with Crippen molar-refractivity contribution in [1.29, 1.82) is 0 Å². The highest BCUT2D eigenvalue weighted by Gasteiger charge is 2.21. The van der Waals surface area contributed by atoms with Gasteiger partial charge in [-0.15, -0.1) is 0 Å². The van der Waals surface area contributed by atoms with Gasteiger partial charge in [-0.3, -0.25) is 0 Å². The highest BCUT2D eigenvalue weighted by molar-refractivity contribution is 5.73. The number of aliphatic hydroxyl groups is 1. The number of aliphatic hydroxyl groups excluding tert-OH is 1. The van der Waals surface area contributed by atoms with E-state index in [1.54, 1.807) is 11.8 Å². The Hall–Kier alpha value is -1.59. The third-order valence-electron chi connectivity index (χ3n) is 5.11. The van der Waals surface area contributed by atoms with Crippen molar-refractivity contribution in [3.8, 4) is 0 Å². The number of nitrogens with one attached hydrogen (secondary N) is 1. The lowest BCUT2D eigenvalue weighted by Gasteiger charge is -2.32. The van der Waals surface area contributed by atoms with Crippen LogP contribution >= 0.6 is 0 Å². The first-order chi connectivity index (χ1) is 12.0. The van der Waals surface area contributed by atoms with Crippen molar-refractivity contribution in [1.82, 2.24) is 15.1 Å². The quantitative estimate of drug-likeness (QED) is 0.797. The summed E-state index contributed by atoms with van der Waals surface area (Å²) >= 11 is 0. The molecule has 0 bridgehead atoms. The molecule has 1 saturated heterocycles. The number of amides is 2. The minimum absolute atomic E-state index is 0.0227. The minimum atomic E-state index is -0.390. The lowest BCUT2D eigenvalue weighted by atomic mass is 9.93. The van der Waals surface area contributed by atoms with Crippen LogP contribution < -0.4 is 5.32 Å². The predicted octanol–water partition coefficient (Wildman–Crippen LogP) is 2.52. The zero-order valence-electron chi connectivity index (χ0n) is 15.8. The molecule has 2 unspecified atom stereocenters. The Labute approximate surface area is 152 Å². The van der Waals surface area contributed by atoms with E-state index in [1.165, 1.54) is 0 Å². The van der Waals surface area contributed by atoms with Gasteiger partial charge in [0.25, 0.3) is 0 Å². The zero-order valence-corrected chi connectivity index (χ0v) is 15.8. The van der Waals surface area contributed by atoms with E-state index in [-0.39, 0.29) is 18.1 Å². The van der Waals surface area contributed by atoms with Crippen LogP contribution in [0.3, 0.4) is 0 Å². The molecule has 2 rings (SSSR count). The Kier molecular flexibility index (Phi) is 7.72. The first-order valence-corrected chi connectivity index (χ1v) is 9.36. The van der Waals surface area contributed by atoms with E-state index >= 15 is 0 Å². The van der Waals surface area contributed by atoms with Gasteiger partial charge in [-0.25, -0.2) is 4.79 Å². The smallest absolute Gasteiger partial charge is 0.317 e. The van der Waals surface area contributed by atoms with Crippen molar-refractivity contribution in [2.24, 2.45) is 5.92 Å². The fourth-order valence-corrected chi connectivity index (χ4v) is 3.53. The molecule has 1 aliphatic heterocycles. The molecule has 5 nitrogen and oxygen atoms in total. The topological polar surface area (TPSA) is 55.8 Å². The highest BCUT2D eigenvalue weighted by atomic mass is 16.3. The summed E-state index contributed by atoms with van der Waals surface area (Å²) < 4.78 is 0. The molecule has 140 valence electrons. The standard InChI is InChI=1S/C20H33N3O2/c1-16(24)13-19(18-7-5-4-6-8-18)14-21-20(25)23(3)15-17-9-11-22(2)12-10-17/h4-8,16-17,19,24H,9-15H2,1-3H3,(H,21,25). The lowest BCUT2D eigenvalue weighted by Crippen LogP contribution is -2.43. The molecule has 1 heterocycles.